The van der Waals surface area contributed by atoms with Crippen molar-refractivity contribution in [1.29, 1.82) is 0 Å². The number of nitrogens with one attached hydrogen (secondary N) is 2. The molecule has 1 amide bonds. The number of hydrogen-bond acceptors (Lipinski definition) is 5. The summed E-state index contributed by atoms with van der Waals surface area (Å²) in [4.78, 5) is 22.8. The lowest BCUT2D eigenvalue weighted by atomic mass is 10.1. The molecule has 6 nitrogen and oxygen atoms in total. The zero-order valence-electron chi connectivity index (χ0n) is 14.8. The number of carbonyl (C=O) groups excluding carboxylic acids is 1. The molecule has 0 radical (unpaired) electrons. The maximum atomic E-state index is 12.2. The fourth-order valence-corrected chi connectivity index (χ4v) is 2.27. The summed E-state index contributed by atoms with van der Waals surface area (Å²) in [5, 5.41) is 6.13. The molecule has 0 atom stereocenters. The van der Waals surface area contributed by atoms with E-state index >= 15 is 0 Å². The predicted octanol–water partition coefficient (Wildman–Crippen LogP) is 2.00. The average Bonchev–Trinajstić information content (AvgIpc) is 2.52. The third-order valence-electron chi connectivity index (χ3n) is 3.47. The Balaban J connectivity index is 2.01. The molecule has 128 valence electrons. The van der Waals surface area contributed by atoms with Gasteiger partial charge < -0.3 is 15.5 Å². The second kappa shape index (κ2) is 8.40. The molecule has 2 aromatic rings. The summed E-state index contributed by atoms with van der Waals surface area (Å²) in [7, 11) is 3.93. The largest absolute Gasteiger partial charge is 0.366 e. The molecule has 0 fully saturated rings. The normalized spacial score (nSPS) is 10.7. The first-order chi connectivity index (χ1) is 11.4. The van der Waals surface area contributed by atoms with Crippen molar-refractivity contribution in [2.45, 2.75) is 20.4 Å². The van der Waals surface area contributed by atoms with Crippen LogP contribution in [0.1, 0.15) is 27.4 Å². The quantitative estimate of drug-likeness (QED) is 0.814. The molecular weight excluding hydrogens is 302 g/mol. The minimum atomic E-state index is -0.180. The van der Waals surface area contributed by atoms with E-state index in [1.54, 1.807) is 13.0 Å². The number of likely N-dealkylation sites (N-methyl/N-ethyl adjacent to an activating group) is 1. The van der Waals surface area contributed by atoms with Gasteiger partial charge in [-0.3, -0.25) is 4.79 Å². The number of carbonyl (C=O) groups is 1. The van der Waals surface area contributed by atoms with Gasteiger partial charge in [-0.15, -0.1) is 0 Å². The molecule has 0 unspecified atom stereocenters. The van der Waals surface area contributed by atoms with Crippen molar-refractivity contribution in [3.05, 3.63) is 53.0 Å². The van der Waals surface area contributed by atoms with Crippen molar-refractivity contribution < 1.29 is 4.79 Å². The average molecular weight is 327 g/mol. The number of anilines is 1. The van der Waals surface area contributed by atoms with Crippen LogP contribution in [0.3, 0.4) is 0 Å². The fourth-order valence-electron chi connectivity index (χ4n) is 2.27. The lowest BCUT2D eigenvalue weighted by Crippen LogP contribution is -2.32. The molecule has 0 spiro atoms. The van der Waals surface area contributed by atoms with Crippen LogP contribution in [0, 0.1) is 13.8 Å². The van der Waals surface area contributed by atoms with E-state index in [0.29, 0.717) is 30.4 Å². The zero-order chi connectivity index (χ0) is 17.5. The maximum absolute atomic E-state index is 12.2. The smallest absolute Gasteiger partial charge is 0.270 e. The van der Waals surface area contributed by atoms with Gasteiger partial charge in [0.15, 0.2) is 0 Å². The van der Waals surface area contributed by atoms with Gasteiger partial charge in [-0.1, -0.05) is 29.8 Å². The molecule has 0 aliphatic carbocycles. The van der Waals surface area contributed by atoms with Crippen molar-refractivity contribution >= 4 is 11.7 Å². The molecule has 1 heterocycles. The monoisotopic (exact) mass is 327 g/mol. The first kappa shape index (κ1) is 17.9. The summed E-state index contributed by atoms with van der Waals surface area (Å²) in [6.45, 7) is 5.87. The molecule has 0 aliphatic rings. The van der Waals surface area contributed by atoms with E-state index in [0.717, 1.165) is 6.54 Å². The lowest BCUT2D eigenvalue weighted by Gasteiger charge is -2.11. The molecule has 2 rings (SSSR count). The van der Waals surface area contributed by atoms with Gasteiger partial charge in [-0.05, 0) is 33.5 Å². The highest BCUT2D eigenvalue weighted by Gasteiger charge is 2.10. The van der Waals surface area contributed by atoms with Crippen molar-refractivity contribution in [3.8, 4) is 0 Å². The molecular formula is C18H25N5O. The molecule has 0 aliphatic heterocycles. The van der Waals surface area contributed by atoms with Crippen LogP contribution in [0.5, 0.6) is 0 Å². The Morgan fingerprint density at radius 1 is 1.17 bits per heavy atom. The molecule has 2 N–H and O–H groups in total. The van der Waals surface area contributed by atoms with Gasteiger partial charge in [0.25, 0.3) is 5.91 Å². The van der Waals surface area contributed by atoms with Crippen LogP contribution < -0.4 is 10.6 Å². The standard InChI is InChI=1S/C18H25N5O/c1-13-6-5-7-15(10-13)12-20-17-11-16(21-14(2)22-17)18(24)19-8-9-23(3)4/h5-7,10-11H,8-9,12H2,1-4H3,(H,19,24)(H,20,21,22). The van der Waals surface area contributed by atoms with Gasteiger partial charge in [0.1, 0.15) is 17.3 Å². The minimum absolute atomic E-state index is 0.180. The van der Waals surface area contributed by atoms with Crippen LogP contribution in [0.25, 0.3) is 0 Å². The van der Waals surface area contributed by atoms with Gasteiger partial charge in [0, 0.05) is 25.7 Å². The number of amides is 1. The maximum Gasteiger partial charge on any atom is 0.270 e. The van der Waals surface area contributed by atoms with E-state index in [4.69, 9.17) is 0 Å². The summed E-state index contributed by atoms with van der Waals surface area (Å²) in [6.07, 6.45) is 0. The van der Waals surface area contributed by atoms with E-state index in [1.807, 2.05) is 25.1 Å². The third-order valence-corrected chi connectivity index (χ3v) is 3.47. The summed E-state index contributed by atoms with van der Waals surface area (Å²) >= 11 is 0. The topological polar surface area (TPSA) is 70.2 Å². The van der Waals surface area contributed by atoms with E-state index in [2.05, 4.69) is 45.7 Å². The van der Waals surface area contributed by atoms with Gasteiger partial charge in [-0.2, -0.15) is 0 Å². The van der Waals surface area contributed by atoms with Crippen molar-refractivity contribution in [2.75, 3.05) is 32.5 Å². The molecule has 6 heteroatoms. The first-order valence-electron chi connectivity index (χ1n) is 8.02. The Morgan fingerprint density at radius 3 is 2.67 bits per heavy atom. The number of aromatic nitrogens is 2. The predicted molar refractivity (Wildman–Crippen MR) is 96.2 cm³/mol. The Bertz CT molecular complexity index is 700. The molecule has 1 aromatic carbocycles. The Kier molecular flexibility index (Phi) is 6.26. The zero-order valence-corrected chi connectivity index (χ0v) is 14.8. The fraction of sp³-hybridized carbons (Fsp3) is 0.389. The summed E-state index contributed by atoms with van der Waals surface area (Å²) in [6, 6.07) is 9.96. The van der Waals surface area contributed by atoms with E-state index in [1.165, 1.54) is 11.1 Å². The first-order valence-corrected chi connectivity index (χ1v) is 8.02. The van der Waals surface area contributed by atoms with E-state index < -0.39 is 0 Å². The van der Waals surface area contributed by atoms with Crippen LogP contribution >= 0.6 is 0 Å². The van der Waals surface area contributed by atoms with Crippen molar-refractivity contribution in [1.82, 2.24) is 20.2 Å². The molecule has 0 saturated carbocycles. The molecule has 0 bridgehead atoms. The van der Waals surface area contributed by atoms with Gasteiger partial charge >= 0.3 is 0 Å². The number of rotatable bonds is 7. The van der Waals surface area contributed by atoms with Crippen LogP contribution in [-0.2, 0) is 6.54 Å². The van der Waals surface area contributed by atoms with Crippen LogP contribution in [0.4, 0.5) is 5.82 Å². The van der Waals surface area contributed by atoms with E-state index in [-0.39, 0.29) is 5.91 Å². The highest BCUT2D eigenvalue weighted by molar-refractivity contribution is 5.92. The lowest BCUT2D eigenvalue weighted by molar-refractivity contribution is 0.0945. The number of hydrogen-bond donors (Lipinski definition) is 2. The summed E-state index contributed by atoms with van der Waals surface area (Å²) in [5.74, 6) is 1.05. The van der Waals surface area contributed by atoms with Gasteiger partial charge in [-0.25, -0.2) is 9.97 Å². The third kappa shape index (κ3) is 5.62. The van der Waals surface area contributed by atoms with Crippen molar-refractivity contribution in [3.63, 3.8) is 0 Å². The Hall–Kier alpha value is -2.47. The number of aryl methyl sites for hydroxylation is 2. The molecule has 0 saturated heterocycles. The van der Waals surface area contributed by atoms with Crippen LogP contribution in [-0.4, -0.2) is 48.0 Å². The number of benzene rings is 1. The highest BCUT2D eigenvalue weighted by atomic mass is 16.1. The molecule has 1 aromatic heterocycles. The summed E-state index contributed by atoms with van der Waals surface area (Å²) in [5.41, 5.74) is 2.77. The van der Waals surface area contributed by atoms with Gasteiger partial charge in [0.2, 0.25) is 0 Å². The van der Waals surface area contributed by atoms with Crippen LogP contribution in [0.15, 0.2) is 30.3 Å². The minimum Gasteiger partial charge on any atom is -0.366 e. The van der Waals surface area contributed by atoms with Crippen molar-refractivity contribution in [2.24, 2.45) is 0 Å². The second-order valence-electron chi connectivity index (χ2n) is 6.09. The Morgan fingerprint density at radius 2 is 1.96 bits per heavy atom. The SMILES string of the molecule is Cc1cccc(CNc2cc(C(=O)NCCN(C)C)nc(C)n2)c1. The Labute approximate surface area is 143 Å². The summed E-state index contributed by atoms with van der Waals surface area (Å²) < 4.78 is 0. The molecule has 24 heavy (non-hydrogen) atoms. The van der Waals surface area contributed by atoms with E-state index in [9.17, 15) is 4.79 Å². The highest BCUT2D eigenvalue weighted by Crippen LogP contribution is 2.10. The number of nitrogens with zero attached hydrogens (tertiary/aromatic N) is 3. The van der Waals surface area contributed by atoms with Gasteiger partial charge in [0.05, 0.1) is 0 Å². The second-order valence-corrected chi connectivity index (χ2v) is 6.09. The van der Waals surface area contributed by atoms with Crippen LogP contribution in [0.2, 0.25) is 0 Å².